The largest absolute Gasteiger partial charge is 0.478 e. The lowest BCUT2D eigenvalue weighted by Crippen LogP contribution is -2.39. The average molecular weight is 265 g/mol. The molecule has 0 aliphatic carbocycles. The van der Waals surface area contributed by atoms with Crippen molar-refractivity contribution in [1.82, 2.24) is 0 Å². The number of carboxylic acids is 1. The normalized spacial score (nSPS) is 11.2. The standard InChI is InChI=1S/C10H7F4NO3/c1-15(9(18)10(12,13)14)7-3-2-5(11)4-6(7)8(16)17/h2-4H,1H3,(H,16,17). The third kappa shape index (κ3) is 2.76. The van der Waals surface area contributed by atoms with Crippen LogP contribution in [0.3, 0.4) is 0 Å². The summed E-state index contributed by atoms with van der Waals surface area (Å²) in [5, 5.41) is 8.74. The highest BCUT2D eigenvalue weighted by atomic mass is 19.4. The molecule has 18 heavy (non-hydrogen) atoms. The first-order valence-electron chi connectivity index (χ1n) is 4.52. The molecule has 0 aliphatic rings. The number of alkyl halides is 3. The summed E-state index contributed by atoms with van der Waals surface area (Å²) >= 11 is 0. The monoisotopic (exact) mass is 265 g/mol. The summed E-state index contributed by atoms with van der Waals surface area (Å²) in [6.45, 7) is 0. The second kappa shape index (κ2) is 4.63. The molecular formula is C10H7F4NO3. The minimum Gasteiger partial charge on any atom is -0.478 e. The molecule has 0 fully saturated rings. The molecule has 1 aromatic carbocycles. The fraction of sp³-hybridized carbons (Fsp3) is 0.200. The maximum Gasteiger partial charge on any atom is 0.471 e. The second-order valence-corrected chi connectivity index (χ2v) is 3.33. The number of carboxylic acid groups (broad SMARTS) is 1. The van der Waals surface area contributed by atoms with Gasteiger partial charge in [-0.2, -0.15) is 13.2 Å². The number of anilines is 1. The lowest BCUT2D eigenvalue weighted by molar-refractivity contribution is -0.170. The summed E-state index contributed by atoms with van der Waals surface area (Å²) in [4.78, 5) is 21.8. The van der Waals surface area contributed by atoms with Crippen molar-refractivity contribution in [3.05, 3.63) is 29.6 Å². The van der Waals surface area contributed by atoms with E-state index in [2.05, 4.69) is 0 Å². The van der Waals surface area contributed by atoms with Crippen LogP contribution in [0.5, 0.6) is 0 Å². The van der Waals surface area contributed by atoms with Gasteiger partial charge in [-0.3, -0.25) is 4.79 Å². The molecule has 0 unspecified atom stereocenters. The molecule has 8 heteroatoms. The first kappa shape index (κ1) is 13.9. The van der Waals surface area contributed by atoms with Crippen LogP contribution in [-0.4, -0.2) is 30.2 Å². The van der Waals surface area contributed by atoms with E-state index >= 15 is 0 Å². The van der Waals surface area contributed by atoms with Gasteiger partial charge in [0.1, 0.15) is 5.82 Å². The van der Waals surface area contributed by atoms with Gasteiger partial charge in [0.2, 0.25) is 0 Å². The predicted molar refractivity (Wildman–Crippen MR) is 52.8 cm³/mol. The van der Waals surface area contributed by atoms with Gasteiger partial charge in [0.25, 0.3) is 0 Å². The zero-order chi connectivity index (χ0) is 14.1. The van der Waals surface area contributed by atoms with Crippen LogP contribution in [0.25, 0.3) is 0 Å². The first-order chi connectivity index (χ1) is 8.14. The Kier molecular flexibility index (Phi) is 3.59. The molecule has 0 radical (unpaired) electrons. The van der Waals surface area contributed by atoms with Crippen molar-refractivity contribution in [3.8, 4) is 0 Å². The molecule has 1 N–H and O–H groups in total. The molecule has 0 saturated carbocycles. The Labute approximate surface area is 98.4 Å². The number of hydrogen-bond donors (Lipinski definition) is 1. The van der Waals surface area contributed by atoms with E-state index in [0.29, 0.717) is 6.07 Å². The van der Waals surface area contributed by atoms with Gasteiger partial charge < -0.3 is 10.0 Å². The Morgan fingerprint density at radius 2 is 1.83 bits per heavy atom. The van der Waals surface area contributed by atoms with Crippen LogP contribution in [-0.2, 0) is 4.79 Å². The third-order valence-electron chi connectivity index (χ3n) is 2.10. The Bertz CT molecular complexity index is 498. The van der Waals surface area contributed by atoms with E-state index in [4.69, 9.17) is 5.11 Å². The smallest absolute Gasteiger partial charge is 0.471 e. The van der Waals surface area contributed by atoms with Gasteiger partial charge in [-0.05, 0) is 18.2 Å². The number of nitrogens with zero attached hydrogens (tertiary/aromatic N) is 1. The van der Waals surface area contributed by atoms with Crippen LogP contribution >= 0.6 is 0 Å². The van der Waals surface area contributed by atoms with E-state index in [-0.39, 0.29) is 4.90 Å². The van der Waals surface area contributed by atoms with E-state index in [1.165, 1.54) is 0 Å². The topological polar surface area (TPSA) is 57.6 Å². The molecule has 0 aromatic heterocycles. The quantitative estimate of drug-likeness (QED) is 0.832. The highest BCUT2D eigenvalue weighted by molar-refractivity contribution is 6.03. The highest BCUT2D eigenvalue weighted by Gasteiger charge is 2.42. The summed E-state index contributed by atoms with van der Waals surface area (Å²) in [5.41, 5.74) is -1.26. The molecule has 98 valence electrons. The molecule has 1 amide bonds. The fourth-order valence-electron chi connectivity index (χ4n) is 1.27. The van der Waals surface area contributed by atoms with Crippen molar-refractivity contribution >= 4 is 17.6 Å². The zero-order valence-electron chi connectivity index (χ0n) is 8.95. The number of carbonyl (C=O) groups excluding carboxylic acids is 1. The maximum absolute atomic E-state index is 12.8. The summed E-state index contributed by atoms with van der Waals surface area (Å²) < 4.78 is 49.4. The lowest BCUT2D eigenvalue weighted by atomic mass is 10.1. The molecule has 0 saturated heterocycles. The number of benzene rings is 1. The minimum atomic E-state index is -5.14. The Morgan fingerprint density at radius 3 is 2.28 bits per heavy atom. The fourth-order valence-corrected chi connectivity index (χ4v) is 1.27. The van der Waals surface area contributed by atoms with E-state index in [9.17, 15) is 27.2 Å². The van der Waals surface area contributed by atoms with Gasteiger partial charge in [-0.15, -0.1) is 0 Å². The number of amides is 1. The summed E-state index contributed by atoms with van der Waals surface area (Å²) in [5.74, 6) is -4.80. The molecule has 0 bridgehead atoms. The van der Waals surface area contributed by atoms with Crippen LogP contribution in [0.4, 0.5) is 23.2 Å². The van der Waals surface area contributed by atoms with Crippen molar-refractivity contribution in [3.63, 3.8) is 0 Å². The molecule has 0 spiro atoms. The van der Waals surface area contributed by atoms with Crippen molar-refractivity contribution in [2.24, 2.45) is 0 Å². The van der Waals surface area contributed by atoms with Crippen LogP contribution in [0, 0.1) is 5.82 Å². The Morgan fingerprint density at radius 1 is 1.28 bits per heavy atom. The van der Waals surface area contributed by atoms with Gasteiger partial charge in [-0.25, -0.2) is 9.18 Å². The summed E-state index contributed by atoms with van der Waals surface area (Å²) in [7, 11) is 0.759. The Balaban J connectivity index is 3.25. The maximum atomic E-state index is 12.8. The van der Waals surface area contributed by atoms with Crippen molar-refractivity contribution in [2.45, 2.75) is 6.18 Å². The first-order valence-corrected chi connectivity index (χ1v) is 4.52. The average Bonchev–Trinajstić information content (AvgIpc) is 2.25. The summed E-state index contributed by atoms with van der Waals surface area (Å²) in [6.07, 6.45) is -5.14. The molecule has 1 rings (SSSR count). The predicted octanol–water partition coefficient (Wildman–Crippen LogP) is 2.05. The van der Waals surface area contributed by atoms with Crippen LogP contribution in [0.1, 0.15) is 10.4 Å². The van der Waals surface area contributed by atoms with Crippen molar-refractivity contribution < 1.29 is 32.3 Å². The number of carbonyl (C=O) groups is 2. The van der Waals surface area contributed by atoms with Gasteiger partial charge in [0.05, 0.1) is 11.3 Å². The van der Waals surface area contributed by atoms with Gasteiger partial charge in [0, 0.05) is 7.05 Å². The van der Waals surface area contributed by atoms with Gasteiger partial charge >= 0.3 is 18.1 Å². The molecule has 0 heterocycles. The number of rotatable bonds is 2. The highest BCUT2D eigenvalue weighted by Crippen LogP contribution is 2.26. The lowest BCUT2D eigenvalue weighted by Gasteiger charge is -2.20. The molecular weight excluding hydrogens is 258 g/mol. The Hall–Kier alpha value is -2.12. The van der Waals surface area contributed by atoms with Crippen LogP contribution < -0.4 is 4.90 Å². The second-order valence-electron chi connectivity index (χ2n) is 3.33. The third-order valence-corrected chi connectivity index (χ3v) is 2.10. The SMILES string of the molecule is CN(C(=O)C(F)(F)F)c1ccc(F)cc1C(=O)O. The van der Waals surface area contributed by atoms with E-state index in [0.717, 1.165) is 19.2 Å². The molecule has 4 nitrogen and oxygen atoms in total. The molecule has 0 aliphatic heterocycles. The summed E-state index contributed by atoms with van der Waals surface area (Å²) in [6, 6.07) is 2.10. The van der Waals surface area contributed by atoms with E-state index < -0.39 is 35.1 Å². The van der Waals surface area contributed by atoms with E-state index in [1.54, 1.807) is 0 Å². The van der Waals surface area contributed by atoms with Gasteiger partial charge in [-0.1, -0.05) is 0 Å². The minimum absolute atomic E-state index is 0.114. The van der Waals surface area contributed by atoms with Gasteiger partial charge in [0.15, 0.2) is 0 Å². The molecule has 1 aromatic rings. The number of aromatic carboxylic acids is 1. The zero-order valence-corrected chi connectivity index (χ0v) is 8.95. The van der Waals surface area contributed by atoms with Crippen molar-refractivity contribution in [2.75, 3.05) is 11.9 Å². The van der Waals surface area contributed by atoms with Crippen LogP contribution in [0.15, 0.2) is 18.2 Å². The van der Waals surface area contributed by atoms with E-state index in [1.807, 2.05) is 0 Å². The van der Waals surface area contributed by atoms with Crippen molar-refractivity contribution in [1.29, 1.82) is 0 Å². The number of hydrogen-bond acceptors (Lipinski definition) is 2. The van der Waals surface area contributed by atoms with Crippen LogP contribution in [0.2, 0.25) is 0 Å². The molecule has 0 atom stereocenters. The number of halogens is 4.